The molecule has 0 radical (unpaired) electrons. The van der Waals surface area contributed by atoms with Crippen LogP contribution in [0.5, 0.6) is 0 Å². The minimum Gasteiger partial charge on any atom is -0.338 e. The van der Waals surface area contributed by atoms with Crippen molar-refractivity contribution in [1.82, 2.24) is 24.0 Å². The molecule has 6 nitrogen and oxygen atoms in total. The molecule has 7 heteroatoms. The van der Waals surface area contributed by atoms with E-state index < -0.39 is 0 Å². The van der Waals surface area contributed by atoms with Gasteiger partial charge in [-0.1, -0.05) is 0 Å². The minimum atomic E-state index is 0.654. The molecular weight excluding hydrogens is 296 g/mol. The maximum atomic E-state index is 5.58. The van der Waals surface area contributed by atoms with E-state index in [1.54, 1.807) is 12.4 Å². The summed E-state index contributed by atoms with van der Waals surface area (Å²) in [6, 6.07) is 2.51. The predicted octanol–water partition coefficient (Wildman–Crippen LogP) is 1.92. The molecule has 2 aromatic rings. The quantitative estimate of drug-likeness (QED) is 0.806. The Bertz CT molecular complexity index is 682. The first-order chi connectivity index (χ1) is 10.8. The van der Waals surface area contributed by atoms with Crippen molar-refractivity contribution in [3.05, 3.63) is 35.6 Å². The highest BCUT2D eigenvalue weighted by Crippen LogP contribution is 2.35. The van der Waals surface area contributed by atoms with Gasteiger partial charge in [0.25, 0.3) is 0 Å². The highest BCUT2D eigenvalue weighted by atomic mass is 32.1. The van der Waals surface area contributed by atoms with Gasteiger partial charge in [-0.25, -0.2) is 9.97 Å². The van der Waals surface area contributed by atoms with Crippen LogP contribution in [0.15, 0.2) is 30.9 Å². The predicted molar refractivity (Wildman–Crippen MR) is 87.3 cm³/mol. The van der Waals surface area contributed by atoms with Crippen molar-refractivity contribution in [1.29, 1.82) is 0 Å². The van der Waals surface area contributed by atoms with Gasteiger partial charge in [-0.3, -0.25) is 4.90 Å². The molecule has 0 aromatic carbocycles. The molecule has 0 bridgehead atoms. The van der Waals surface area contributed by atoms with Gasteiger partial charge in [-0.2, -0.15) is 0 Å². The smallest absolute Gasteiger partial charge is 0.225 e. The third-order valence-electron chi connectivity index (χ3n) is 4.37. The zero-order valence-corrected chi connectivity index (χ0v) is 13.3. The lowest BCUT2D eigenvalue weighted by Crippen LogP contribution is -2.47. The Kier molecular flexibility index (Phi) is 3.67. The fourth-order valence-corrected chi connectivity index (χ4v) is 3.25. The summed E-state index contributed by atoms with van der Waals surface area (Å²) in [6.45, 7) is 4.81. The van der Waals surface area contributed by atoms with E-state index in [0.717, 1.165) is 43.6 Å². The first-order valence-electron chi connectivity index (χ1n) is 7.83. The minimum absolute atomic E-state index is 0.654. The van der Waals surface area contributed by atoms with Gasteiger partial charge in [-0.15, -0.1) is 0 Å². The summed E-state index contributed by atoms with van der Waals surface area (Å²) in [5, 5.41) is 0. The molecule has 2 aromatic heterocycles. The van der Waals surface area contributed by atoms with Gasteiger partial charge in [0.15, 0.2) is 4.77 Å². The van der Waals surface area contributed by atoms with Crippen LogP contribution in [0.4, 0.5) is 5.95 Å². The molecule has 1 aliphatic heterocycles. The first kappa shape index (κ1) is 13.9. The maximum Gasteiger partial charge on any atom is 0.225 e. The SMILES string of the molecule is S=c1n(CN2CCN(c3ncccn3)CC2)ccn1C1CC1. The van der Waals surface area contributed by atoms with Crippen molar-refractivity contribution in [2.75, 3.05) is 31.1 Å². The number of hydrogen-bond donors (Lipinski definition) is 0. The molecule has 1 aliphatic carbocycles. The molecule has 2 aliphatic rings. The standard InChI is InChI=1S/C15H20N6S/c22-15-20(10-11-21(15)13-2-3-13)12-18-6-8-19(9-7-18)14-16-4-1-5-17-14/h1,4-5,10-11,13H,2-3,6-9,12H2. The van der Waals surface area contributed by atoms with Gasteiger partial charge in [0, 0.05) is 57.0 Å². The fourth-order valence-electron chi connectivity index (χ4n) is 2.93. The largest absolute Gasteiger partial charge is 0.338 e. The van der Waals surface area contributed by atoms with Gasteiger partial charge in [0.1, 0.15) is 0 Å². The molecule has 1 saturated heterocycles. The number of hydrogen-bond acceptors (Lipinski definition) is 5. The van der Waals surface area contributed by atoms with E-state index in [9.17, 15) is 0 Å². The van der Waals surface area contributed by atoms with Crippen molar-refractivity contribution in [3.8, 4) is 0 Å². The molecule has 0 atom stereocenters. The molecule has 1 saturated carbocycles. The highest BCUT2D eigenvalue weighted by Gasteiger charge is 2.25. The van der Waals surface area contributed by atoms with E-state index in [-0.39, 0.29) is 0 Å². The molecule has 4 rings (SSSR count). The summed E-state index contributed by atoms with van der Waals surface area (Å²) >= 11 is 5.58. The Balaban J connectivity index is 1.37. The highest BCUT2D eigenvalue weighted by molar-refractivity contribution is 7.71. The van der Waals surface area contributed by atoms with E-state index in [1.165, 1.54) is 12.8 Å². The van der Waals surface area contributed by atoms with Crippen LogP contribution in [-0.4, -0.2) is 50.2 Å². The summed E-state index contributed by atoms with van der Waals surface area (Å²) in [4.78, 5) is 13.3. The van der Waals surface area contributed by atoms with E-state index in [4.69, 9.17) is 12.2 Å². The summed E-state index contributed by atoms with van der Waals surface area (Å²) in [5.41, 5.74) is 0. The second kappa shape index (κ2) is 5.81. The summed E-state index contributed by atoms with van der Waals surface area (Å²) in [6.07, 6.45) is 10.4. The second-order valence-electron chi connectivity index (χ2n) is 5.98. The molecule has 2 fully saturated rings. The van der Waals surface area contributed by atoms with Gasteiger partial charge >= 0.3 is 0 Å². The number of aromatic nitrogens is 4. The lowest BCUT2D eigenvalue weighted by atomic mass is 10.3. The van der Waals surface area contributed by atoms with Gasteiger partial charge in [-0.05, 0) is 31.1 Å². The topological polar surface area (TPSA) is 42.1 Å². The molecule has 0 N–H and O–H groups in total. The lowest BCUT2D eigenvalue weighted by Gasteiger charge is -2.34. The summed E-state index contributed by atoms with van der Waals surface area (Å²) in [7, 11) is 0. The average molecular weight is 316 g/mol. The molecular formula is C15H20N6S. The van der Waals surface area contributed by atoms with E-state index >= 15 is 0 Å². The van der Waals surface area contributed by atoms with Crippen molar-refractivity contribution < 1.29 is 0 Å². The zero-order valence-electron chi connectivity index (χ0n) is 12.5. The Morgan fingerprint density at radius 1 is 1.05 bits per heavy atom. The average Bonchev–Trinajstić information content (AvgIpc) is 3.35. The molecule has 0 spiro atoms. The number of nitrogens with zero attached hydrogens (tertiary/aromatic N) is 6. The van der Waals surface area contributed by atoms with Crippen molar-refractivity contribution in [2.45, 2.75) is 25.6 Å². The molecule has 0 unspecified atom stereocenters. The van der Waals surface area contributed by atoms with Crippen LogP contribution in [-0.2, 0) is 6.67 Å². The van der Waals surface area contributed by atoms with Crippen LogP contribution in [0.2, 0.25) is 0 Å². The lowest BCUT2D eigenvalue weighted by molar-refractivity contribution is 0.203. The van der Waals surface area contributed by atoms with E-state index in [2.05, 4.69) is 41.3 Å². The normalized spacial score (nSPS) is 19.5. The Morgan fingerprint density at radius 2 is 1.77 bits per heavy atom. The molecule has 116 valence electrons. The van der Waals surface area contributed by atoms with Crippen molar-refractivity contribution in [3.63, 3.8) is 0 Å². The monoisotopic (exact) mass is 316 g/mol. The first-order valence-corrected chi connectivity index (χ1v) is 8.24. The van der Waals surface area contributed by atoms with Crippen LogP contribution in [0, 0.1) is 4.77 Å². The van der Waals surface area contributed by atoms with Gasteiger partial charge in [0.2, 0.25) is 5.95 Å². The molecule has 3 heterocycles. The van der Waals surface area contributed by atoms with Crippen LogP contribution in [0.25, 0.3) is 0 Å². The number of piperazine rings is 1. The zero-order chi connectivity index (χ0) is 14.9. The fraction of sp³-hybridized carbons (Fsp3) is 0.533. The van der Waals surface area contributed by atoms with E-state index in [0.29, 0.717) is 6.04 Å². The molecule has 22 heavy (non-hydrogen) atoms. The molecule has 0 amide bonds. The summed E-state index contributed by atoms with van der Waals surface area (Å²) in [5.74, 6) is 0.832. The van der Waals surface area contributed by atoms with Crippen molar-refractivity contribution >= 4 is 18.2 Å². The third-order valence-corrected chi connectivity index (χ3v) is 4.82. The number of imidazole rings is 1. The van der Waals surface area contributed by atoms with Crippen molar-refractivity contribution in [2.24, 2.45) is 0 Å². The Labute approximate surface area is 135 Å². The Morgan fingerprint density at radius 3 is 2.45 bits per heavy atom. The van der Waals surface area contributed by atoms with Crippen LogP contribution in [0.3, 0.4) is 0 Å². The second-order valence-corrected chi connectivity index (χ2v) is 6.35. The van der Waals surface area contributed by atoms with Crippen LogP contribution >= 0.6 is 12.2 Å². The van der Waals surface area contributed by atoms with Crippen LogP contribution < -0.4 is 4.90 Å². The number of rotatable bonds is 4. The maximum absolute atomic E-state index is 5.58. The Hall–Kier alpha value is -1.73. The van der Waals surface area contributed by atoms with E-state index in [1.807, 2.05) is 6.07 Å². The van der Waals surface area contributed by atoms with Crippen LogP contribution in [0.1, 0.15) is 18.9 Å². The third kappa shape index (κ3) is 2.78. The van der Waals surface area contributed by atoms with Gasteiger partial charge < -0.3 is 14.0 Å². The van der Waals surface area contributed by atoms with Gasteiger partial charge in [0.05, 0.1) is 6.67 Å². The number of anilines is 1. The summed E-state index contributed by atoms with van der Waals surface area (Å²) < 4.78 is 5.38.